The minimum absolute atomic E-state index is 0.0455. The molecule has 2 amide bonds. The van der Waals surface area contributed by atoms with Gasteiger partial charge in [-0.1, -0.05) is 55.9 Å². The Hall–Kier alpha value is -4.01. The highest BCUT2D eigenvalue weighted by Gasteiger charge is 2.63. The van der Waals surface area contributed by atoms with E-state index >= 15 is 0 Å². The predicted molar refractivity (Wildman–Crippen MR) is 187 cm³/mol. The molecule has 1 aromatic heterocycles. The fourth-order valence-corrected chi connectivity index (χ4v) is 10.6. The lowest BCUT2D eigenvalue weighted by Gasteiger charge is -2.53. The summed E-state index contributed by atoms with van der Waals surface area (Å²) < 4.78 is 5.56. The topological polar surface area (TPSA) is 218 Å². The van der Waals surface area contributed by atoms with E-state index in [9.17, 15) is 34.2 Å². The maximum Gasteiger partial charge on any atom is 0.353 e. The van der Waals surface area contributed by atoms with E-state index < -0.39 is 58.1 Å². The van der Waals surface area contributed by atoms with Gasteiger partial charge in [0.05, 0.1) is 4.75 Å². The third-order valence-corrected chi connectivity index (χ3v) is 13.1. The number of carboxylic acids is 2. The lowest BCUT2D eigenvalue weighted by atomic mass is 9.56. The molecule has 7 N–H and O–H groups in total. The van der Waals surface area contributed by atoms with E-state index in [1.165, 1.54) is 17.3 Å². The standard InChI is InChI=1S/C37H46N4O9S/c38-25(32(45)46)6-7-27(42)40-26(30(43)41-31(44)33(47)48)21-51-37-15-14-35(10-2-1-3-11-36(37)12-4-5-13-36)20-23(18-22-8-16-39-17-9-22)19-24-28(35)29(37)50-34(24)49/h8-9,14-17,19,24-26,31,44H,1-7,10-13,18,20-21,38H2,(H,40,42)(H,41,43)(H,45,46)(H,47,48). The number of carbonyl (C=O) groups excluding carboxylic acids is 3. The lowest BCUT2D eigenvalue weighted by Crippen LogP contribution is -2.54. The summed E-state index contributed by atoms with van der Waals surface area (Å²) in [6, 6.07) is 1.38. The number of aliphatic hydroxyl groups is 1. The molecule has 51 heavy (non-hydrogen) atoms. The number of thioether (sulfide) groups is 1. The monoisotopic (exact) mass is 722 g/mol. The Morgan fingerprint density at radius 3 is 2.35 bits per heavy atom. The Bertz CT molecular complexity index is 1660. The summed E-state index contributed by atoms with van der Waals surface area (Å²) in [5.74, 6) is -4.78. The molecule has 1 aromatic rings. The highest BCUT2D eigenvalue weighted by Crippen LogP contribution is 2.67. The Balaban J connectivity index is 1.38. The molecule has 0 radical (unpaired) electrons. The molecule has 1 saturated carbocycles. The predicted octanol–water partition coefficient (Wildman–Crippen LogP) is 3.13. The first-order valence-corrected chi connectivity index (χ1v) is 18.8. The number of aromatic nitrogens is 1. The second kappa shape index (κ2) is 14.9. The van der Waals surface area contributed by atoms with Crippen molar-refractivity contribution in [3.8, 4) is 0 Å². The summed E-state index contributed by atoms with van der Waals surface area (Å²) in [6.45, 7) is 0. The van der Waals surface area contributed by atoms with Gasteiger partial charge in [-0.05, 0) is 73.6 Å². The SMILES string of the molecule is NC(CCC(=O)NC(CSC12C=CC3(CCCCCC14CCCC4)CC(Cc1ccncc1)=CC1C(=O)OC2=C13)C(=O)NC(O)C(=O)O)C(=O)O. The molecule has 14 heteroatoms. The Morgan fingerprint density at radius 2 is 1.67 bits per heavy atom. The minimum Gasteiger partial charge on any atom is -0.480 e. The summed E-state index contributed by atoms with van der Waals surface area (Å²) in [7, 11) is 0. The number of nitrogens with one attached hydrogen (secondary N) is 2. The van der Waals surface area contributed by atoms with Gasteiger partial charge < -0.3 is 36.4 Å². The molecule has 1 aliphatic heterocycles. The summed E-state index contributed by atoms with van der Waals surface area (Å²) in [5.41, 5.74) is 8.15. The Labute approximate surface area is 300 Å². The van der Waals surface area contributed by atoms with Gasteiger partial charge in [0.1, 0.15) is 23.8 Å². The molecule has 274 valence electrons. The molecule has 2 heterocycles. The number of ether oxygens (including phenoxy) is 1. The first-order chi connectivity index (χ1) is 24.4. The highest BCUT2D eigenvalue weighted by atomic mass is 32.2. The van der Waals surface area contributed by atoms with Crippen molar-refractivity contribution < 1.29 is 44.0 Å². The number of rotatable bonds is 13. The van der Waals surface area contributed by atoms with Crippen molar-refractivity contribution in [1.29, 1.82) is 0 Å². The summed E-state index contributed by atoms with van der Waals surface area (Å²) in [4.78, 5) is 67.2. The molecule has 13 nitrogen and oxygen atoms in total. The van der Waals surface area contributed by atoms with Crippen LogP contribution in [0.5, 0.6) is 0 Å². The smallest absolute Gasteiger partial charge is 0.353 e. The average Bonchev–Trinajstić information content (AvgIpc) is 3.72. The van der Waals surface area contributed by atoms with E-state index in [-0.39, 0.29) is 30.0 Å². The molecule has 2 bridgehead atoms. The molecule has 6 atom stereocenters. The summed E-state index contributed by atoms with van der Waals surface area (Å²) in [6.07, 6.45) is 17.4. The normalized spacial score (nSPS) is 27.9. The average molecular weight is 723 g/mol. The largest absolute Gasteiger partial charge is 0.480 e. The van der Waals surface area contributed by atoms with Crippen LogP contribution in [0, 0.1) is 16.7 Å². The van der Waals surface area contributed by atoms with Crippen LogP contribution in [0.2, 0.25) is 0 Å². The number of carboxylic acid groups (broad SMARTS) is 2. The quantitative estimate of drug-likeness (QED) is 0.0983. The second-order valence-electron chi connectivity index (χ2n) is 14.6. The number of nitrogens with two attached hydrogens (primary N) is 1. The van der Waals surface area contributed by atoms with Crippen molar-refractivity contribution in [3.63, 3.8) is 0 Å². The van der Waals surface area contributed by atoms with Gasteiger partial charge in [-0.3, -0.25) is 24.2 Å². The zero-order chi connectivity index (χ0) is 36.4. The highest BCUT2D eigenvalue weighted by molar-refractivity contribution is 8.01. The number of fused-ring (bicyclic) bond motifs is 3. The number of hydrogen-bond donors (Lipinski definition) is 6. The molecule has 5 aliphatic rings. The molecule has 6 unspecified atom stereocenters. The van der Waals surface area contributed by atoms with Crippen LogP contribution in [-0.4, -0.2) is 78.8 Å². The van der Waals surface area contributed by atoms with Crippen molar-refractivity contribution in [2.45, 2.75) is 107 Å². The zero-order valence-electron chi connectivity index (χ0n) is 28.5. The summed E-state index contributed by atoms with van der Waals surface area (Å²) >= 11 is 1.40. The molecule has 2 spiro atoms. The number of allylic oxidation sites excluding steroid dienone is 2. The van der Waals surface area contributed by atoms with Crippen LogP contribution >= 0.6 is 11.8 Å². The lowest BCUT2D eigenvalue weighted by molar-refractivity contribution is -0.151. The van der Waals surface area contributed by atoms with Gasteiger partial charge >= 0.3 is 17.9 Å². The van der Waals surface area contributed by atoms with E-state index in [0.717, 1.165) is 75.3 Å². The van der Waals surface area contributed by atoms with Crippen LogP contribution in [0.1, 0.15) is 82.6 Å². The first-order valence-electron chi connectivity index (χ1n) is 17.8. The van der Waals surface area contributed by atoms with Crippen LogP contribution in [0.25, 0.3) is 0 Å². The van der Waals surface area contributed by atoms with E-state index in [2.05, 4.69) is 33.8 Å². The molecule has 4 aliphatic carbocycles. The molecule has 6 rings (SSSR count). The number of pyridine rings is 1. The van der Waals surface area contributed by atoms with Gasteiger partial charge in [-0.15, -0.1) is 11.8 Å². The number of hydrogen-bond acceptors (Lipinski definition) is 10. The number of esters is 1. The van der Waals surface area contributed by atoms with Crippen LogP contribution in [0.4, 0.5) is 0 Å². The van der Waals surface area contributed by atoms with Crippen molar-refractivity contribution in [2.75, 3.05) is 5.75 Å². The maximum absolute atomic E-state index is 13.9. The van der Waals surface area contributed by atoms with Crippen LogP contribution < -0.4 is 16.4 Å². The molecule has 0 saturated heterocycles. The number of nitrogens with zero attached hydrogens (tertiary/aromatic N) is 1. The van der Waals surface area contributed by atoms with Gasteiger partial charge in [0.25, 0.3) is 0 Å². The van der Waals surface area contributed by atoms with E-state index in [0.29, 0.717) is 12.2 Å². The third kappa shape index (κ3) is 7.22. The first kappa shape index (κ1) is 36.8. The Morgan fingerprint density at radius 1 is 0.980 bits per heavy atom. The van der Waals surface area contributed by atoms with Gasteiger partial charge in [0.2, 0.25) is 18.0 Å². The number of aliphatic carboxylic acids is 2. The minimum atomic E-state index is -2.21. The Kier molecular flexibility index (Phi) is 10.8. The summed E-state index contributed by atoms with van der Waals surface area (Å²) in [5, 5.41) is 33.1. The molecular weight excluding hydrogens is 676 g/mol. The fraction of sp³-hybridized carbons (Fsp3) is 0.568. The van der Waals surface area contributed by atoms with Crippen LogP contribution in [0.15, 0.2) is 59.7 Å². The number of aliphatic hydroxyl groups excluding tert-OH is 1. The number of carbonyl (C=O) groups is 5. The third-order valence-electron chi connectivity index (χ3n) is 11.4. The zero-order valence-corrected chi connectivity index (χ0v) is 29.3. The van der Waals surface area contributed by atoms with Crippen molar-refractivity contribution in [2.24, 2.45) is 22.5 Å². The molecule has 0 aromatic carbocycles. The van der Waals surface area contributed by atoms with Gasteiger partial charge in [0.15, 0.2) is 0 Å². The van der Waals surface area contributed by atoms with Crippen molar-refractivity contribution in [3.05, 3.63) is 65.2 Å². The van der Waals surface area contributed by atoms with Crippen LogP contribution in [0.3, 0.4) is 0 Å². The number of amides is 2. The van der Waals surface area contributed by atoms with Crippen molar-refractivity contribution >= 4 is 41.5 Å². The van der Waals surface area contributed by atoms with Gasteiger partial charge in [0, 0.05) is 30.0 Å². The molecule has 1 fully saturated rings. The maximum atomic E-state index is 13.9. The van der Waals surface area contributed by atoms with E-state index in [1.54, 1.807) is 12.4 Å². The molecular formula is C37H46N4O9S. The van der Waals surface area contributed by atoms with Gasteiger partial charge in [-0.2, -0.15) is 0 Å². The van der Waals surface area contributed by atoms with Crippen LogP contribution in [-0.2, 0) is 35.1 Å². The van der Waals surface area contributed by atoms with E-state index in [4.69, 9.17) is 15.6 Å². The van der Waals surface area contributed by atoms with E-state index in [1.807, 2.05) is 12.1 Å². The fourth-order valence-electron chi connectivity index (χ4n) is 8.92. The second-order valence-corrected chi connectivity index (χ2v) is 15.9. The van der Waals surface area contributed by atoms with Crippen molar-refractivity contribution in [1.82, 2.24) is 15.6 Å². The van der Waals surface area contributed by atoms with Gasteiger partial charge in [-0.25, -0.2) is 4.79 Å².